The van der Waals surface area contributed by atoms with Crippen molar-refractivity contribution in [3.05, 3.63) is 51.7 Å². The number of benzene rings is 1. The summed E-state index contributed by atoms with van der Waals surface area (Å²) in [5.74, 6) is 0.570. The fourth-order valence-electron chi connectivity index (χ4n) is 3.38. The van der Waals surface area contributed by atoms with Crippen molar-refractivity contribution in [2.75, 3.05) is 12.1 Å². The average Bonchev–Trinajstić information content (AvgIpc) is 3.24. The van der Waals surface area contributed by atoms with Gasteiger partial charge in [-0.2, -0.15) is 11.3 Å². The largest absolute Gasteiger partial charge is 0.375 e. The van der Waals surface area contributed by atoms with Crippen LogP contribution in [0.2, 0.25) is 0 Å². The van der Waals surface area contributed by atoms with E-state index >= 15 is 0 Å². The molecule has 116 valence electrons. The highest BCUT2D eigenvalue weighted by Crippen LogP contribution is 2.46. The molecule has 0 amide bonds. The van der Waals surface area contributed by atoms with E-state index in [2.05, 4.69) is 54.2 Å². The zero-order valence-electron chi connectivity index (χ0n) is 12.9. The maximum absolute atomic E-state index is 5.92. The van der Waals surface area contributed by atoms with Gasteiger partial charge in [-0.25, -0.2) is 0 Å². The Balaban J connectivity index is 1.74. The summed E-state index contributed by atoms with van der Waals surface area (Å²) < 4.78 is 11.8. The molecule has 22 heavy (non-hydrogen) atoms. The molecule has 0 spiro atoms. The molecule has 3 nitrogen and oxygen atoms in total. The molecule has 4 unspecified atom stereocenters. The molecule has 0 saturated carbocycles. The van der Waals surface area contributed by atoms with Crippen molar-refractivity contribution in [2.24, 2.45) is 0 Å². The Bertz CT molecular complexity index is 655. The number of hydrogen-bond acceptors (Lipinski definition) is 4. The number of hydrogen-bond donors (Lipinski definition) is 1. The van der Waals surface area contributed by atoms with Crippen LogP contribution in [0.25, 0.3) is 0 Å². The van der Waals surface area contributed by atoms with Crippen LogP contribution >= 0.6 is 11.3 Å². The van der Waals surface area contributed by atoms with E-state index in [9.17, 15) is 0 Å². The molecule has 1 N–H and O–H groups in total. The van der Waals surface area contributed by atoms with E-state index in [0.717, 1.165) is 6.42 Å². The van der Waals surface area contributed by atoms with Crippen LogP contribution in [0, 0.1) is 0 Å². The smallest absolute Gasteiger partial charge is 0.148 e. The molecule has 0 radical (unpaired) electrons. The van der Waals surface area contributed by atoms with Crippen molar-refractivity contribution in [3.8, 4) is 0 Å². The van der Waals surface area contributed by atoms with Crippen molar-refractivity contribution in [1.29, 1.82) is 0 Å². The monoisotopic (exact) mass is 315 g/mol. The third kappa shape index (κ3) is 2.26. The average molecular weight is 315 g/mol. The van der Waals surface area contributed by atoms with E-state index in [1.165, 1.54) is 22.4 Å². The van der Waals surface area contributed by atoms with Gasteiger partial charge >= 0.3 is 0 Å². The molecule has 1 aromatic carbocycles. The second-order valence-electron chi connectivity index (χ2n) is 6.17. The summed E-state index contributed by atoms with van der Waals surface area (Å²) in [6.45, 7) is 4.88. The van der Waals surface area contributed by atoms with Crippen molar-refractivity contribution < 1.29 is 9.47 Å². The summed E-state index contributed by atoms with van der Waals surface area (Å²) in [5.41, 5.74) is 5.08. The van der Waals surface area contributed by atoms with Gasteiger partial charge in [0, 0.05) is 11.3 Å². The molecule has 2 aromatic rings. The van der Waals surface area contributed by atoms with Gasteiger partial charge in [-0.3, -0.25) is 0 Å². The van der Waals surface area contributed by atoms with Crippen LogP contribution in [0.15, 0.2) is 35.0 Å². The molecular weight excluding hydrogens is 294 g/mol. The van der Waals surface area contributed by atoms with E-state index in [-0.39, 0.29) is 18.2 Å². The number of rotatable bonds is 3. The minimum atomic E-state index is 0.0326. The summed E-state index contributed by atoms with van der Waals surface area (Å²) in [7, 11) is 0. The molecular formula is C18H21NO2S. The molecule has 1 aromatic heterocycles. The third-order valence-corrected chi connectivity index (χ3v) is 5.61. The molecule has 1 fully saturated rings. The van der Waals surface area contributed by atoms with Gasteiger partial charge in [-0.05, 0) is 46.4 Å². The quantitative estimate of drug-likeness (QED) is 0.879. The lowest BCUT2D eigenvalue weighted by Gasteiger charge is -2.35. The second kappa shape index (κ2) is 5.69. The van der Waals surface area contributed by atoms with Gasteiger partial charge < -0.3 is 14.8 Å². The molecule has 4 atom stereocenters. The maximum atomic E-state index is 5.92. The van der Waals surface area contributed by atoms with Crippen molar-refractivity contribution in [2.45, 2.75) is 44.4 Å². The SMILES string of the molecule is CCC(C)c1ccc2c(c1)C1OCOC1C(c1ccsc1)N2. The molecule has 0 aliphatic carbocycles. The third-order valence-electron chi connectivity index (χ3n) is 4.91. The lowest BCUT2D eigenvalue weighted by atomic mass is 9.87. The number of thiophene rings is 1. The van der Waals surface area contributed by atoms with Gasteiger partial charge in [-0.15, -0.1) is 0 Å². The Morgan fingerprint density at radius 3 is 3.00 bits per heavy atom. The van der Waals surface area contributed by atoms with Gasteiger partial charge in [0.25, 0.3) is 0 Å². The van der Waals surface area contributed by atoms with Crippen LogP contribution < -0.4 is 5.32 Å². The Kier molecular flexibility index (Phi) is 3.68. The summed E-state index contributed by atoms with van der Waals surface area (Å²) in [4.78, 5) is 0. The van der Waals surface area contributed by atoms with Crippen LogP contribution in [0.5, 0.6) is 0 Å². The van der Waals surface area contributed by atoms with E-state index in [1.54, 1.807) is 11.3 Å². The molecule has 4 rings (SSSR count). The molecule has 0 bridgehead atoms. The summed E-state index contributed by atoms with van der Waals surface area (Å²) >= 11 is 1.72. The first-order valence-electron chi connectivity index (χ1n) is 7.93. The highest BCUT2D eigenvalue weighted by molar-refractivity contribution is 7.08. The highest BCUT2D eigenvalue weighted by atomic mass is 32.1. The van der Waals surface area contributed by atoms with Crippen LogP contribution in [-0.2, 0) is 9.47 Å². The molecule has 3 heterocycles. The summed E-state index contributed by atoms with van der Waals surface area (Å²) in [6.07, 6.45) is 1.23. The first-order chi connectivity index (χ1) is 10.8. The van der Waals surface area contributed by atoms with Crippen molar-refractivity contribution in [1.82, 2.24) is 0 Å². The first kappa shape index (κ1) is 14.2. The van der Waals surface area contributed by atoms with E-state index in [0.29, 0.717) is 12.7 Å². The zero-order valence-corrected chi connectivity index (χ0v) is 13.7. The van der Waals surface area contributed by atoms with E-state index in [4.69, 9.17) is 9.47 Å². The minimum Gasteiger partial charge on any atom is -0.375 e. The summed E-state index contributed by atoms with van der Waals surface area (Å²) in [5, 5.41) is 7.96. The predicted octanol–water partition coefficient (Wildman–Crippen LogP) is 4.84. The minimum absolute atomic E-state index is 0.0326. The standard InChI is InChI=1S/C18H21NO2S/c1-3-11(2)12-4-5-15-14(8-12)17-18(21-10-20-17)16(19-15)13-6-7-22-9-13/h4-9,11,16-19H,3,10H2,1-2H3. The van der Waals surface area contributed by atoms with Crippen LogP contribution in [0.1, 0.15) is 55.0 Å². The van der Waals surface area contributed by atoms with Crippen LogP contribution in [-0.4, -0.2) is 12.9 Å². The Labute approximate surface area is 135 Å². The fourth-order valence-corrected chi connectivity index (χ4v) is 4.07. The number of anilines is 1. The van der Waals surface area contributed by atoms with Crippen LogP contribution in [0.3, 0.4) is 0 Å². The highest BCUT2D eigenvalue weighted by Gasteiger charge is 2.42. The number of ether oxygens (including phenoxy) is 2. The topological polar surface area (TPSA) is 30.5 Å². The second-order valence-corrected chi connectivity index (χ2v) is 6.95. The molecule has 1 saturated heterocycles. The maximum Gasteiger partial charge on any atom is 0.148 e. The van der Waals surface area contributed by atoms with E-state index < -0.39 is 0 Å². The van der Waals surface area contributed by atoms with Gasteiger partial charge in [0.1, 0.15) is 19.0 Å². The van der Waals surface area contributed by atoms with Gasteiger partial charge in [0.15, 0.2) is 0 Å². The number of fused-ring (bicyclic) bond motifs is 3. The van der Waals surface area contributed by atoms with E-state index in [1.807, 2.05) is 0 Å². The Hall–Kier alpha value is -1.36. The molecule has 2 aliphatic rings. The Morgan fingerprint density at radius 1 is 1.32 bits per heavy atom. The lowest BCUT2D eigenvalue weighted by Crippen LogP contribution is -2.34. The van der Waals surface area contributed by atoms with Gasteiger partial charge in [0.2, 0.25) is 0 Å². The van der Waals surface area contributed by atoms with Crippen molar-refractivity contribution >= 4 is 17.0 Å². The van der Waals surface area contributed by atoms with Gasteiger partial charge in [-0.1, -0.05) is 26.0 Å². The van der Waals surface area contributed by atoms with Crippen molar-refractivity contribution in [3.63, 3.8) is 0 Å². The van der Waals surface area contributed by atoms with Gasteiger partial charge in [0.05, 0.1) is 6.04 Å². The molecule has 2 aliphatic heterocycles. The molecule has 4 heteroatoms. The van der Waals surface area contributed by atoms with Crippen LogP contribution in [0.4, 0.5) is 5.69 Å². The fraction of sp³-hybridized carbons (Fsp3) is 0.444. The Morgan fingerprint density at radius 2 is 2.23 bits per heavy atom. The number of nitrogens with one attached hydrogen (secondary N) is 1. The normalized spacial score (nSPS) is 27.8. The lowest BCUT2D eigenvalue weighted by molar-refractivity contribution is 0.0367. The predicted molar refractivity (Wildman–Crippen MR) is 89.4 cm³/mol. The first-order valence-corrected chi connectivity index (χ1v) is 8.88. The zero-order chi connectivity index (χ0) is 15.1. The summed E-state index contributed by atoms with van der Waals surface area (Å²) in [6, 6.07) is 9.07.